The Balaban J connectivity index is 0.964. The fourth-order valence-corrected chi connectivity index (χ4v) is 5.43. The number of H-pyrrole nitrogens is 1. The highest BCUT2D eigenvalue weighted by atomic mass is 16.5. The van der Waals surface area contributed by atoms with Gasteiger partial charge >= 0.3 is 0 Å². The number of anilines is 2. The van der Waals surface area contributed by atoms with Crippen LogP contribution in [0.2, 0.25) is 0 Å². The maximum absolute atomic E-state index is 12.5. The summed E-state index contributed by atoms with van der Waals surface area (Å²) in [6.07, 6.45) is 11.1. The van der Waals surface area contributed by atoms with Crippen LogP contribution in [-0.4, -0.2) is 38.1 Å². The zero-order chi connectivity index (χ0) is 30.0. The standard InChI is InChI=1S/C33H34N8O2/c1-33(2)26-15-24(34)11-9-22(26)14-23-10-12-25(16-27(23)33)36-13-3-4-28(42)37-17-20-5-7-21(8-6-20)18-43-31-29-30(39-19-38-29)40-32(35)41-31/h5-12,14-16,19H,3-4,13,17-18,34H2,1-2H3,(H,37,42)(H3,35,38,39,40,41)/b36-25+. The summed E-state index contributed by atoms with van der Waals surface area (Å²) in [5.41, 5.74) is 21.2. The number of aliphatic imine (C=N–C) groups is 1. The molecule has 43 heavy (non-hydrogen) atoms. The average Bonchev–Trinajstić information content (AvgIpc) is 3.47. The Bertz CT molecular complexity index is 1810. The number of carbonyl (C=O) groups excluding carboxylic acids is 1. The van der Waals surface area contributed by atoms with E-state index in [1.807, 2.05) is 36.4 Å². The number of nitrogens with two attached hydrogens (primary N) is 2. The van der Waals surface area contributed by atoms with Crippen molar-refractivity contribution in [2.75, 3.05) is 18.0 Å². The van der Waals surface area contributed by atoms with Crippen molar-refractivity contribution >= 4 is 40.5 Å². The molecule has 0 radical (unpaired) electrons. The lowest BCUT2D eigenvalue weighted by Crippen LogP contribution is -2.27. The molecule has 2 aliphatic carbocycles. The van der Waals surface area contributed by atoms with Gasteiger partial charge in [0.05, 0.1) is 12.0 Å². The molecule has 6 N–H and O–H groups in total. The van der Waals surface area contributed by atoms with Crippen molar-refractivity contribution in [3.05, 3.63) is 100 Å². The molecule has 4 aromatic rings. The Morgan fingerprint density at radius 1 is 1.05 bits per heavy atom. The predicted molar refractivity (Wildman–Crippen MR) is 169 cm³/mol. The van der Waals surface area contributed by atoms with Crippen molar-refractivity contribution < 1.29 is 9.53 Å². The first-order valence-electron chi connectivity index (χ1n) is 14.3. The Hall–Kier alpha value is -5.25. The van der Waals surface area contributed by atoms with Crippen LogP contribution in [0.3, 0.4) is 0 Å². The van der Waals surface area contributed by atoms with E-state index in [0.29, 0.717) is 49.6 Å². The number of aromatic amines is 1. The van der Waals surface area contributed by atoms with Crippen molar-refractivity contribution in [3.8, 4) is 5.88 Å². The lowest BCUT2D eigenvalue weighted by molar-refractivity contribution is -0.121. The minimum atomic E-state index is -0.177. The summed E-state index contributed by atoms with van der Waals surface area (Å²) in [6, 6.07) is 13.9. The number of amides is 1. The van der Waals surface area contributed by atoms with Gasteiger partial charge in [0.25, 0.3) is 0 Å². The van der Waals surface area contributed by atoms with Crippen LogP contribution < -0.4 is 21.5 Å². The fourth-order valence-electron chi connectivity index (χ4n) is 5.43. The van der Waals surface area contributed by atoms with E-state index in [-0.39, 0.29) is 17.3 Å². The highest BCUT2D eigenvalue weighted by Gasteiger charge is 2.34. The van der Waals surface area contributed by atoms with Crippen LogP contribution in [0, 0.1) is 0 Å². The molecule has 2 aliphatic rings. The second kappa shape index (κ2) is 11.6. The van der Waals surface area contributed by atoms with Gasteiger partial charge in [-0.15, -0.1) is 0 Å². The van der Waals surface area contributed by atoms with E-state index in [4.69, 9.17) is 21.2 Å². The van der Waals surface area contributed by atoms with E-state index in [1.54, 1.807) is 0 Å². The number of allylic oxidation sites excluding steroid dienone is 5. The van der Waals surface area contributed by atoms with Gasteiger partial charge in [-0.2, -0.15) is 9.97 Å². The zero-order valence-corrected chi connectivity index (χ0v) is 24.2. The molecule has 0 saturated heterocycles. The fraction of sp³-hybridized carbons (Fsp3) is 0.242. The normalized spacial score (nSPS) is 15.9. The summed E-state index contributed by atoms with van der Waals surface area (Å²) in [6.45, 7) is 5.78. The third kappa shape index (κ3) is 6.04. The molecule has 218 valence electrons. The molecular weight excluding hydrogens is 540 g/mol. The van der Waals surface area contributed by atoms with Crippen LogP contribution in [0.1, 0.15) is 48.9 Å². The van der Waals surface area contributed by atoms with Crippen LogP contribution in [0.25, 0.3) is 17.2 Å². The van der Waals surface area contributed by atoms with Gasteiger partial charge in [-0.3, -0.25) is 9.79 Å². The largest absolute Gasteiger partial charge is 0.471 e. The van der Waals surface area contributed by atoms with Crippen molar-refractivity contribution in [1.29, 1.82) is 0 Å². The summed E-state index contributed by atoms with van der Waals surface area (Å²) in [7, 11) is 0. The molecule has 0 fully saturated rings. The SMILES string of the molecule is CC1(C)C2=C/C(=N/CCCC(=O)NCc3ccc(COc4nc(N)nc5[nH]cnc45)cc3)C=CC2=Cc2ccc(N)cc21. The van der Waals surface area contributed by atoms with E-state index in [2.05, 4.69) is 69.5 Å². The van der Waals surface area contributed by atoms with Gasteiger partial charge in [-0.25, -0.2) is 4.98 Å². The molecule has 1 amide bonds. The van der Waals surface area contributed by atoms with Crippen molar-refractivity contribution in [2.45, 2.75) is 45.3 Å². The zero-order valence-electron chi connectivity index (χ0n) is 24.2. The van der Waals surface area contributed by atoms with E-state index in [1.165, 1.54) is 28.6 Å². The Morgan fingerprint density at radius 2 is 1.86 bits per heavy atom. The number of benzene rings is 2. The second-order valence-electron chi connectivity index (χ2n) is 11.2. The van der Waals surface area contributed by atoms with Gasteiger partial charge in [0.2, 0.25) is 17.7 Å². The highest BCUT2D eigenvalue weighted by molar-refractivity contribution is 6.08. The van der Waals surface area contributed by atoms with E-state index in [0.717, 1.165) is 22.5 Å². The molecule has 0 aliphatic heterocycles. The number of imidazole rings is 1. The number of rotatable bonds is 9. The smallest absolute Gasteiger partial charge is 0.247 e. The third-order valence-corrected chi connectivity index (χ3v) is 7.78. The minimum Gasteiger partial charge on any atom is -0.471 e. The lowest BCUT2D eigenvalue weighted by atomic mass is 9.67. The maximum atomic E-state index is 12.5. The maximum Gasteiger partial charge on any atom is 0.247 e. The van der Waals surface area contributed by atoms with Crippen LogP contribution in [0.4, 0.5) is 11.6 Å². The number of carbonyl (C=O) groups is 1. The number of aromatic nitrogens is 4. The molecule has 0 atom stereocenters. The Labute approximate surface area is 249 Å². The monoisotopic (exact) mass is 574 g/mol. The van der Waals surface area contributed by atoms with E-state index < -0.39 is 0 Å². The van der Waals surface area contributed by atoms with Gasteiger partial charge in [0.15, 0.2) is 11.2 Å². The number of nitrogens with zero attached hydrogens (tertiary/aromatic N) is 4. The Morgan fingerprint density at radius 3 is 2.70 bits per heavy atom. The molecule has 6 rings (SSSR count). The third-order valence-electron chi connectivity index (χ3n) is 7.78. The molecule has 0 unspecified atom stereocenters. The van der Waals surface area contributed by atoms with E-state index in [9.17, 15) is 4.79 Å². The number of hydrogen-bond acceptors (Lipinski definition) is 8. The van der Waals surface area contributed by atoms with Crippen LogP contribution in [0.5, 0.6) is 5.88 Å². The lowest BCUT2D eigenvalue weighted by Gasteiger charge is -2.36. The first-order valence-corrected chi connectivity index (χ1v) is 14.3. The van der Waals surface area contributed by atoms with Crippen molar-refractivity contribution in [2.24, 2.45) is 4.99 Å². The topological polar surface area (TPSA) is 157 Å². The second-order valence-corrected chi connectivity index (χ2v) is 11.2. The summed E-state index contributed by atoms with van der Waals surface area (Å²) in [4.78, 5) is 32.5. The molecule has 0 bridgehead atoms. The first-order chi connectivity index (χ1) is 20.8. The highest BCUT2D eigenvalue weighted by Crippen LogP contribution is 2.44. The van der Waals surface area contributed by atoms with Gasteiger partial charge < -0.3 is 26.5 Å². The summed E-state index contributed by atoms with van der Waals surface area (Å²) in [5.74, 6) is 0.449. The molecule has 2 aromatic heterocycles. The Kier molecular flexibility index (Phi) is 7.50. The van der Waals surface area contributed by atoms with Gasteiger partial charge in [0.1, 0.15) is 6.61 Å². The average molecular weight is 575 g/mol. The molecule has 2 aromatic carbocycles. The summed E-state index contributed by atoms with van der Waals surface area (Å²) in [5, 5.41) is 3.00. The number of fused-ring (bicyclic) bond motifs is 3. The van der Waals surface area contributed by atoms with Crippen LogP contribution >= 0.6 is 0 Å². The number of nitrogens with one attached hydrogen (secondary N) is 2. The number of ether oxygens (including phenoxy) is 1. The quantitative estimate of drug-likeness (QED) is 0.165. The molecule has 2 heterocycles. The molecule has 10 heteroatoms. The first kappa shape index (κ1) is 27.9. The minimum absolute atomic E-state index is 0.00218. The van der Waals surface area contributed by atoms with Gasteiger partial charge in [-0.05, 0) is 70.2 Å². The van der Waals surface area contributed by atoms with Crippen molar-refractivity contribution in [1.82, 2.24) is 25.3 Å². The van der Waals surface area contributed by atoms with Crippen molar-refractivity contribution in [3.63, 3.8) is 0 Å². The van der Waals surface area contributed by atoms with Gasteiger partial charge in [-0.1, -0.05) is 50.3 Å². The van der Waals surface area contributed by atoms with E-state index >= 15 is 0 Å². The van der Waals surface area contributed by atoms with Gasteiger partial charge in [0, 0.05) is 30.6 Å². The molecule has 0 saturated carbocycles. The number of hydrogen-bond donors (Lipinski definition) is 4. The molecule has 0 spiro atoms. The predicted octanol–water partition coefficient (Wildman–Crippen LogP) is 4.80. The summed E-state index contributed by atoms with van der Waals surface area (Å²) < 4.78 is 5.83. The molecular formula is C33H34N8O2. The summed E-state index contributed by atoms with van der Waals surface area (Å²) >= 11 is 0. The van der Waals surface area contributed by atoms with Crippen LogP contribution in [0.15, 0.2) is 83.2 Å². The van der Waals surface area contributed by atoms with Crippen LogP contribution in [-0.2, 0) is 23.4 Å². The molecule has 10 nitrogen and oxygen atoms in total. The number of nitrogen functional groups attached to an aromatic ring is 2.